The second kappa shape index (κ2) is 3.80. The summed E-state index contributed by atoms with van der Waals surface area (Å²) in [6.45, 7) is 2.06. The highest BCUT2D eigenvalue weighted by Gasteiger charge is 2.11. The van der Waals surface area contributed by atoms with Crippen molar-refractivity contribution < 1.29 is 4.42 Å². The van der Waals surface area contributed by atoms with E-state index in [2.05, 4.69) is 24.2 Å². The third-order valence-corrected chi connectivity index (χ3v) is 2.43. The first-order chi connectivity index (χ1) is 7.24. The van der Waals surface area contributed by atoms with Crippen LogP contribution in [0.4, 0.5) is 0 Å². The molecule has 1 N–H and O–H groups in total. The van der Waals surface area contributed by atoms with E-state index in [9.17, 15) is 0 Å². The van der Waals surface area contributed by atoms with Crippen LogP contribution in [0.5, 0.6) is 0 Å². The quantitative estimate of drug-likeness (QED) is 0.752. The number of fused-ring (bicyclic) bond motifs is 1. The zero-order chi connectivity index (χ0) is 10.8. The minimum Gasteiger partial charge on any atom is -0.458 e. The lowest BCUT2D eigenvalue weighted by Gasteiger charge is -2.03. The molecule has 0 radical (unpaired) electrons. The van der Waals surface area contributed by atoms with E-state index in [0.717, 1.165) is 16.7 Å². The van der Waals surface area contributed by atoms with E-state index in [1.807, 2.05) is 25.2 Å². The largest absolute Gasteiger partial charge is 0.458 e. The van der Waals surface area contributed by atoms with Crippen LogP contribution in [0.15, 0.2) is 28.7 Å². The van der Waals surface area contributed by atoms with Gasteiger partial charge in [-0.05, 0) is 32.2 Å². The van der Waals surface area contributed by atoms with Gasteiger partial charge in [-0.25, -0.2) is 0 Å². The minimum atomic E-state index is -0.155. The Balaban J connectivity index is 2.52. The maximum absolute atomic E-state index is 5.66. The summed E-state index contributed by atoms with van der Waals surface area (Å²) in [4.78, 5) is 0. The highest BCUT2D eigenvalue weighted by Crippen LogP contribution is 2.24. The first-order valence-corrected chi connectivity index (χ1v) is 4.88. The molecule has 1 atom stereocenters. The summed E-state index contributed by atoms with van der Waals surface area (Å²) in [6, 6.07) is 7.92. The first kappa shape index (κ1) is 9.82. The summed E-state index contributed by atoms with van der Waals surface area (Å²) in [6.07, 6.45) is 5.39. The average Bonchev–Trinajstić information content (AvgIpc) is 2.62. The summed E-state index contributed by atoms with van der Waals surface area (Å²) in [5.74, 6) is 3.43. The van der Waals surface area contributed by atoms with Gasteiger partial charge in [0.05, 0.1) is 0 Å². The van der Waals surface area contributed by atoms with Crippen molar-refractivity contribution in [1.82, 2.24) is 5.32 Å². The third-order valence-electron chi connectivity index (χ3n) is 2.43. The lowest BCUT2D eigenvalue weighted by molar-refractivity contribution is 0.506. The number of aryl methyl sites for hydroxylation is 1. The van der Waals surface area contributed by atoms with Crippen LogP contribution in [0, 0.1) is 19.3 Å². The van der Waals surface area contributed by atoms with Crippen LogP contribution in [0.25, 0.3) is 11.0 Å². The summed E-state index contributed by atoms with van der Waals surface area (Å²) in [5, 5.41) is 4.11. The van der Waals surface area contributed by atoms with Crippen molar-refractivity contribution >= 4 is 11.0 Å². The van der Waals surface area contributed by atoms with E-state index in [1.54, 1.807) is 0 Å². The van der Waals surface area contributed by atoms with Gasteiger partial charge in [-0.1, -0.05) is 17.6 Å². The summed E-state index contributed by atoms with van der Waals surface area (Å²) < 4.78 is 5.66. The van der Waals surface area contributed by atoms with Gasteiger partial charge in [0.2, 0.25) is 0 Å². The molecule has 0 aliphatic rings. The zero-order valence-electron chi connectivity index (χ0n) is 8.87. The fourth-order valence-electron chi connectivity index (χ4n) is 1.63. The van der Waals surface area contributed by atoms with Crippen molar-refractivity contribution in [1.29, 1.82) is 0 Å². The summed E-state index contributed by atoms with van der Waals surface area (Å²) in [5.41, 5.74) is 2.10. The van der Waals surface area contributed by atoms with Crippen LogP contribution >= 0.6 is 0 Å². The molecule has 0 saturated carbocycles. The van der Waals surface area contributed by atoms with Crippen LogP contribution in [0.2, 0.25) is 0 Å². The molecule has 0 bridgehead atoms. The van der Waals surface area contributed by atoms with Gasteiger partial charge in [0.25, 0.3) is 0 Å². The number of benzene rings is 1. The van der Waals surface area contributed by atoms with Gasteiger partial charge < -0.3 is 9.73 Å². The van der Waals surface area contributed by atoms with Crippen molar-refractivity contribution in [3.8, 4) is 12.3 Å². The Morgan fingerprint density at radius 3 is 2.87 bits per heavy atom. The molecule has 1 aromatic heterocycles. The van der Waals surface area contributed by atoms with E-state index < -0.39 is 0 Å². The number of hydrogen-bond acceptors (Lipinski definition) is 2. The molecule has 0 fully saturated rings. The Labute approximate surface area is 89.3 Å². The number of furan rings is 1. The summed E-state index contributed by atoms with van der Waals surface area (Å²) in [7, 11) is 1.82. The van der Waals surface area contributed by atoms with Crippen LogP contribution < -0.4 is 5.32 Å². The van der Waals surface area contributed by atoms with E-state index in [0.29, 0.717) is 0 Å². The maximum Gasteiger partial charge on any atom is 0.134 e. The van der Waals surface area contributed by atoms with Gasteiger partial charge in [-0.15, -0.1) is 6.42 Å². The number of rotatable bonds is 2. The van der Waals surface area contributed by atoms with Gasteiger partial charge in [0.15, 0.2) is 0 Å². The normalized spacial score (nSPS) is 12.6. The highest BCUT2D eigenvalue weighted by atomic mass is 16.3. The second-order valence-corrected chi connectivity index (χ2v) is 3.58. The Morgan fingerprint density at radius 1 is 1.40 bits per heavy atom. The molecule has 76 valence electrons. The molecule has 2 nitrogen and oxygen atoms in total. The van der Waals surface area contributed by atoms with Crippen molar-refractivity contribution in [3.05, 3.63) is 35.6 Å². The van der Waals surface area contributed by atoms with Crippen molar-refractivity contribution in [2.45, 2.75) is 13.0 Å². The van der Waals surface area contributed by atoms with Crippen LogP contribution in [0.3, 0.4) is 0 Å². The predicted molar refractivity (Wildman–Crippen MR) is 61.6 cm³/mol. The SMILES string of the molecule is C#CC(NC)c1cc2cc(C)ccc2o1. The lowest BCUT2D eigenvalue weighted by atomic mass is 10.1. The highest BCUT2D eigenvalue weighted by molar-refractivity contribution is 5.78. The Kier molecular flexibility index (Phi) is 2.49. The van der Waals surface area contributed by atoms with Crippen molar-refractivity contribution in [2.75, 3.05) is 7.05 Å². The fraction of sp³-hybridized carbons (Fsp3) is 0.231. The van der Waals surface area contributed by atoms with Crippen LogP contribution in [-0.2, 0) is 0 Å². The van der Waals surface area contributed by atoms with Crippen LogP contribution in [-0.4, -0.2) is 7.05 Å². The monoisotopic (exact) mass is 199 g/mol. The van der Waals surface area contributed by atoms with E-state index >= 15 is 0 Å². The molecule has 1 aromatic carbocycles. The first-order valence-electron chi connectivity index (χ1n) is 4.88. The van der Waals surface area contributed by atoms with Gasteiger partial charge >= 0.3 is 0 Å². The molecule has 0 saturated heterocycles. The van der Waals surface area contributed by atoms with Gasteiger partial charge in [0.1, 0.15) is 17.4 Å². The topological polar surface area (TPSA) is 25.2 Å². The number of nitrogens with one attached hydrogen (secondary N) is 1. The molecular weight excluding hydrogens is 186 g/mol. The molecule has 15 heavy (non-hydrogen) atoms. The molecule has 2 heteroatoms. The molecule has 0 spiro atoms. The standard InChI is InChI=1S/C13H13NO/c1-4-11(14-3)13-8-10-7-9(2)5-6-12(10)15-13/h1,5-8,11,14H,2-3H3. The van der Waals surface area contributed by atoms with Gasteiger partial charge in [-0.2, -0.15) is 0 Å². The Hall–Kier alpha value is -1.72. The second-order valence-electron chi connectivity index (χ2n) is 3.58. The van der Waals surface area contributed by atoms with E-state index in [-0.39, 0.29) is 6.04 Å². The molecule has 1 unspecified atom stereocenters. The minimum absolute atomic E-state index is 0.155. The fourth-order valence-corrected chi connectivity index (χ4v) is 1.63. The Bertz CT molecular complexity index is 519. The molecule has 2 aromatic rings. The number of hydrogen-bond donors (Lipinski definition) is 1. The predicted octanol–water partition coefficient (Wildman–Crippen LogP) is 2.63. The third kappa shape index (κ3) is 1.74. The lowest BCUT2D eigenvalue weighted by Crippen LogP contribution is -2.12. The van der Waals surface area contributed by atoms with Crippen molar-refractivity contribution in [2.24, 2.45) is 0 Å². The summed E-state index contributed by atoms with van der Waals surface area (Å²) >= 11 is 0. The average molecular weight is 199 g/mol. The molecular formula is C13H13NO. The molecule has 1 heterocycles. The number of terminal acetylenes is 1. The van der Waals surface area contributed by atoms with Gasteiger partial charge in [0, 0.05) is 5.39 Å². The van der Waals surface area contributed by atoms with Gasteiger partial charge in [-0.3, -0.25) is 0 Å². The van der Waals surface area contributed by atoms with E-state index in [4.69, 9.17) is 10.8 Å². The van der Waals surface area contributed by atoms with Crippen LogP contribution in [0.1, 0.15) is 17.4 Å². The smallest absolute Gasteiger partial charge is 0.134 e. The molecule has 0 amide bonds. The molecule has 0 aliphatic carbocycles. The maximum atomic E-state index is 5.66. The van der Waals surface area contributed by atoms with Crippen molar-refractivity contribution in [3.63, 3.8) is 0 Å². The zero-order valence-corrected chi connectivity index (χ0v) is 8.87. The molecule has 2 rings (SSSR count). The molecule has 0 aliphatic heterocycles. The van der Waals surface area contributed by atoms with E-state index in [1.165, 1.54) is 5.56 Å². The Morgan fingerprint density at radius 2 is 2.20 bits per heavy atom.